The first-order valence-corrected chi connectivity index (χ1v) is 8.98. The second kappa shape index (κ2) is 7.40. The van der Waals surface area contributed by atoms with E-state index >= 15 is 0 Å². The highest BCUT2D eigenvalue weighted by Crippen LogP contribution is 2.23. The van der Waals surface area contributed by atoms with E-state index in [1.165, 1.54) is 6.42 Å². The van der Waals surface area contributed by atoms with Crippen molar-refractivity contribution < 1.29 is 4.79 Å². The van der Waals surface area contributed by atoms with Crippen molar-refractivity contribution >= 4 is 29.1 Å². The van der Waals surface area contributed by atoms with Crippen LogP contribution in [0.3, 0.4) is 0 Å². The van der Waals surface area contributed by atoms with Crippen molar-refractivity contribution in [2.24, 2.45) is 5.92 Å². The predicted molar refractivity (Wildman–Crippen MR) is 101 cm³/mol. The van der Waals surface area contributed by atoms with Crippen LogP contribution in [0.25, 0.3) is 0 Å². The maximum atomic E-state index is 12.8. The summed E-state index contributed by atoms with van der Waals surface area (Å²) in [6.07, 6.45) is 2.22. The van der Waals surface area contributed by atoms with Crippen LogP contribution in [0.1, 0.15) is 41.5 Å². The Morgan fingerprint density at radius 1 is 1.28 bits per heavy atom. The molecule has 0 bridgehead atoms. The second-order valence-electron chi connectivity index (χ2n) is 6.80. The summed E-state index contributed by atoms with van der Waals surface area (Å²) in [5.74, 6) is 0.925. The summed E-state index contributed by atoms with van der Waals surface area (Å²) in [4.78, 5) is 23.6. The number of amides is 1. The van der Waals surface area contributed by atoms with Crippen molar-refractivity contribution in [2.75, 3.05) is 18.4 Å². The third kappa shape index (κ3) is 4.28. The zero-order valence-corrected chi connectivity index (χ0v) is 15.6. The Labute approximate surface area is 153 Å². The van der Waals surface area contributed by atoms with E-state index in [-0.39, 0.29) is 5.91 Å². The molecule has 2 aromatic rings. The summed E-state index contributed by atoms with van der Waals surface area (Å²) in [6, 6.07) is 7.35. The smallest absolute Gasteiger partial charge is 0.272 e. The molecule has 1 amide bonds. The number of hydrogen-bond donors (Lipinski definition) is 1. The molecule has 6 heteroatoms. The molecule has 25 heavy (non-hydrogen) atoms. The van der Waals surface area contributed by atoms with Gasteiger partial charge in [-0.15, -0.1) is 0 Å². The SMILES string of the molecule is Cc1cc(C(=O)N2CCCC(C)C2)nc(Nc2cc(Cl)ccc2C)n1. The van der Waals surface area contributed by atoms with E-state index in [4.69, 9.17) is 11.6 Å². The normalized spacial score (nSPS) is 17.4. The molecule has 1 aliphatic rings. The molecule has 2 heterocycles. The Morgan fingerprint density at radius 3 is 2.84 bits per heavy atom. The standard InChI is InChI=1S/C19H23ClN4O/c1-12-5-4-8-24(11-12)18(25)17-9-14(3)21-19(23-17)22-16-10-15(20)7-6-13(16)2/h6-7,9-10,12H,4-5,8,11H2,1-3H3,(H,21,22,23). The lowest BCUT2D eigenvalue weighted by Crippen LogP contribution is -2.39. The average molecular weight is 359 g/mol. The van der Waals surface area contributed by atoms with Gasteiger partial charge in [0, 0.05) is 29.5 Å². The van der Waals surface area contributed by atoms with Crippen molar-refractivity contribution in [3.8, 4) is 0 Å². The number of carbonyl (C=O) groups excluding carboxylic acids is 1. The first kappa shape index (κ1) is 17.7. The van der Waals surface area contributed by atoms with E-state index in [1.54, 1.807) is 6.07 Å². The first-order valence-electron chi connectivity index (χ1n) is 8.60. The van der Waals surface area contributed by atoms with Crippen LogP contribution in [-0.2, 0) is 0 Å². The molecule has 1 aromatic carbocycles. The lowest BCUT2D eigenvalue weighted by atomic mass is 10.00. The number of nitrogens with zero attached hydrogens (tertiary/aromatic N) is 3. The van der Waals surface area contributed by atoms with Gasteiger partial charge in [-0.3, -0.25) is 4.79 Å². The number of halogens is 1. The van der Waals surface area contributed by atoms with Gasteiger partial charge in [-0.25, -0.2) is 9.97 Å². The number of likely N-dealkylation sites (tertiary alicyclic amines) is 1. The number of anilines is 2. The molecule has 1 atom stereocenters. The van der Waals surface area contributed by atoms with Crippen LogP contribution in [0.2, 0.25) is 5.02 Å². The number of aryl methyl sites for hydroxylation is 2. The van der Waals surface area contributed by atoms with E-state index < -0.39 is 0 Å². The van der Waals surface area contributed by atoms with E-state index in [2.05, 4.69) is 22.2 Å². The third-order valence-electron chi connectivity index (χ3n) is 4.46. The molecule has 1 fully saturated rings. The minimum atomic E-state index is -0.0251. The first-order chi connectivity index (χ1) is 11.9. The third-order valence-corrected chi connectivity index (χ3v) is 4.70. The number of carbonyl (C=O) groups is 1. The van der Waals surface area contributed by atoms with Crippen molar-refractivity contribution in [1.82, 2.24) is 14.9 Å². The van der Waals surface area contributed by atoms with Gasteiger partial charge in [-0.2, -0.15) is 0 Å². The second-order valence-corrected chi connectivity index (χ2v) is 7.24. The monoisotopic (exact) mass is 358 g/mol. The van der Waals surface area contributed by atoms with Gasteiger partial charge in [-0.05, 0) is 56.4 Å². The molecule has 0 radical (unpaired) electrons. The van der Waals surface area contributed by atoms with Crippen LogP contribution in [0.5, 0.6) is 0 Å². The summed E-state index contributed by atoms with van der Waals surface area (Å²) in [6.45, 7) is 7.61. The van der Waals surface area contributed by atoms with Crippen molar-refractivity contribution in [2.45, 2.75) is 33.6 Å². The van der Waals surface area contributed by atoms with E-state index in [0.29, 0.717) is 22.6 Å². The fourth-order valence-electron chi connectivity index (χ4n) is 3.12. The van der Waals surface area contributed by atoms with Gasteiger partial charge in [0.2, 0.25) is 5.95 Å². The maximum Gasteiger partial charge on any atom is 0.272 e. The molecule has 1 unspecified atom stereocenters. The number of hydrogen-bond acceptors (Lipinski definition) is 4. The van der Waals surface area contributed by atoms with E-state index in [0.717, 1.165) is 36.5 Å². The zero-order valence-electron chi connectivity index (χ0n) is 14.8. The highest BCUT2D eigenvalue weighted by Gasteiger charge is 2.23. The van der Waals surface area contributed by atoms with Gasteiger partial charge in [-0.1, -0.05) is 24.6 Å². The largest absolute Gasteiger partial charge is 0.337 e. The molecule has 5 nitrogen and oxygen atoms in total. The summed E-state index contributed by atoms with van der Waals surface area (Å²) in [5, 5.41) is 3.82. The van der Waals surface area contributed by atoms with Crippen molar-refractivity contribution in [1.29, 1.82) is 0 Å². The van der Waals surface area contributed by atoms with Gasteiger partial charge in [0.15, 0.2) is 0 Å². The van der Waals surface area contributed by atoms with Gasteiger partial charge in [0.25, 0.3) is 5.91 Å². The van der Waals surface area contributed by atoms with Gasteiger partial charge < -0.3 is 10.2 Å². The lowest BCUT2D eigenvalue weighted by molar-refractivity contribution is 0.0677. The zero-order chi connectivity index (χ0) is 18.0. The molecule has 0 saturated carbocycles. The fraction of sp³-hybridized carbons (Fsp3) is 0.421. The summed E-state index contributed by atoms with van der Waals surface area (Å²) in [7, 11) is 0. The van der Waals surface area contributed by atoms with Crippen LogP contribution in [0.15, 0.2) is 24.3 Å². The van der Waals surface area contributed by atoms with Crippen LogP contribution in [-0.4, -0.2) is 33.9 Å². The molecule has 1 N–H and O–H groups in total. The molecule has 0 aliphatic carbocycles. The lowest BCUT2D eigenvalue weighted by Gasteiger charge is -2.30. The summed E-state index contributed by atoms with van der Waals surface area (Å²) < 4.78 is 0. The summed E-state index contributed by atoms with van der Waals surface area (Å²) in [5.41, 5.74) is 3.06. The van der Waals surface area contributed by atoms with Crippen LogP contribution in [0, 0.1) is 19.8 Å². The molecule has 3 rings (SSSR count). The molecule has 1 saturated heterocycles. The highest BCUT2D eigenvalue weighted by atomic mass is 35.5. The Hall–Kier alpha value is -2.14. The number of nitrogens with one attached hydrogen (secondary N) is 1. The average Bonchev–Trinajstić information content (AvgIpc) is 2.57. The Kier molecular flexibility index (Phi) is 5.23. The molecule has 1 aromatic heterocycles. The molecule has 1 aliphatic heterocycles. The Morgan fingerprint density at radius 2 is 2.08 bits per heavy atom. The van der Waals surface area contributed by atoms with Crippen molar-refractivity contribution in [3.05, 3.63) is 46.2 Å². The Bertz CT molecular complexity index is 793. The minimum absolute atomic E-state index is 0.0251. The van der Waals surface area contributed by atoms with Crippen LogP contribution >= 0.6 is 11.6 Å². The quantitative estimate of drug-likeness (QED) is 0.885. The predicted octanol–water partition coefficient (Wildman–Crippen LogP) is 4.36. The maximum absolute atomic E-state index is 12.8. The van der Waals surface area contributed by atoms with Gasteiger partial charge in [0.05, 0.1) is 0 Å². The van der Waals surface area contributed by atoms with E-state index in [1.807, 2.05) is 36.9 Å². The van der Waals surface area contributed by atoms with Crippen LogP contribution < -0.4 is 5.32 Å². The van der Waals surface area contributed by atoms with Gasteiger partial charge >= 0.3 is 0 Å². The minimum Gasteiger partial charge on any atom is -0.337 e. The van der Waals surface area contributed by atoms with Gasteiger partial charge in [0.1, 0.15) is 5.69 Å². The fourth-order valence-corrected chi connectivity index (χ4v) is 3.29. The van der Waals surface area contributed by atoms with E-state index in [9.17, 15) is 4.79 Å². The number of benzene rings is 1. The summed E-state index contributed by atoms with van der Waals surface area (Å²) >= 11 is 6.07. The molecular weight excluding hydrogens is 336 g/mol. The molecule has 0 spiro atoms. The van der Waals surface area contributed by atoms with Crippen molar-refractivity contribution in [3.63, 3.8) is 0 Å². The number of rotatable bonds is 3. The number of aromatic nitrogens is 2. The molecular formula is C19H23ClN4O. The highest BCUT2D eigenvalue weighted by molar-refractivity contribution is 6.30. The molecule has 132 valence electrons. The topological polar surface area (TPSA) is 58.1 Å². The Balaban J connectivity index is 1.85. The van der Waals surface area contributed by atoms with Crippen LogP contribution in [0.4, 0.5) is 11.6 Å². The number of piperidine rings is 1.